The second kappa shape index (κ2) is 5.20. The Hall–Kier alpha value is -1.95. The fraction of sp³-hybridized carbons (Fsp3) is 0.143. The molecule has 0 aliphatic heterocycles. The first-order valence-electron chi connectivity index (χ1n) is 5.82. The molecule has 0 fully saturated rings. The lowest BCUT2D eigenvalue weighted by Gasteiger charge is -2.09. The van der Waals surface area contributed by atoms with Crippen LogP contribution in [-0.2, 0) is 15.6 Å². The second-order valence-corrected chi connectivity index (χ2v) is 6.51. The Balaban J connectivity index is 2.40. The number of halogens is 2. The Labute approximate surface area is 116 Å². The van der Waals surface area contributed by atoms with E-state index in [1.807, 2.05) is 0 Å². The molecule has 2 aromatic carbocycles. The third-order valence-electron chi connectivity index (χ3n) is 2.84. The maximum Gasteiger partial charge on any atom is 0.184 e. The lowest BCUT2D eigenvalue weighted by Crippen LogP contribution is -2.08. The summed E-state index contributed by atoms with van der Waals surface area (Å²) >= 11 is 0. The van der Waals surface area contributed by atoms with Crippen molar-refractivity contribution in [1.82, 2.24) is 0 Å². The molecule has 3 nitrogen and oxygen atoms in total. The van der Waals surface area contributed by atoms with E-state index in [9.17, 15) is 17.2 Å². The number of benzene rings is 2. The molecule has 0 aliphatic rings. The molecule has 0 amide bonds. The van der Waals surface area contributed by atoms with E-state index in [4.69, 9.17) is 5.73 Å². The molecule has 2 N–H and O–H groups in total. The molecule has 6 heteroatoms. The van der Waals surface area contributed by atoms with Crippen molar-refractivity contribution in [2.75, 3.05) is 5.73 Å². The van der Waals surface area contributed by atoms with Crippen LogP contribution >= 0.6 is 0 Å². The third-order valence-corrected chi connectivity index (χ3v) is 4.58. The third kappa shape index (κ3) is 2.96. The molecule has 0 aromatic heterocycles. The highest BCUT2D eigenvalue weighted by Gasteiger charge is 2.19. The van der Waals surface area contributed by atoms with E-state index in [-0.39, 0.29) is 16.1 Å². The molecule has 0 aliphatic carbocycles. The SMILES string of the molecule is Cc1ccc(N)c(S(=O)(=O)Cc2ccc(F)c(F)c2)c1. The van der Waals surface area contributed by atoms with Crippen LogP contribution in [0.2, 0.25) is 0 Å². The molecular formula is C14H13F2NO2S. The molecule has 0 spiro atoms. The minimum atomic E-state index is -3.71. The van der Waals surface area contributed by atoms with Crippen LogP contribution in [0.15, 0.2) is 41.3 Å². The van der Waals surface area contributed by atoms with Crippen molar-refractivity contribution in [3.05, 3.63) is 59.2 Å². The fourth-order valence-electron chi connectivity index (χ4n) is 1.84. The van der Waals surface area contributed by atoms with Crippen molar-refractivity contribution >= 4 is 15.5 Å². The summed E-state index contributed by atoms with van der Waals surface area (Å²) in [5, 5.41) is 0. The monoisotopic (exact) mass is 297 g/mol. The predicted molar refractivity (Wildman–Crippen MR) is 72.8 cm³/mol. The van der Waals surface area contributed by atoms with E-state index in [1.54, 1.807) is 13.0 Å². The van der Waals surface area contributed by atoms with Gasteiger partial charge in [-0.15, -0.1) is 0 Å². The summed E-state index contributed by atoms with van der Waals surface area (Å²) in [7, 11) is -3.71. The van der Waals surface area contributed by atoms with Gasteiger partial charge in [-0.3, -0.25) is 0 Å². The van der Waals surface area contributed by atoms with Crippen molar-refractivity contribution in [1.29, 1.82) is 0 Å². The van der Waals surface area contributed by atoms with Crippen molar-refractivity contribution in [2.24, 2.45) is 0 Å². The average Bonchev–Trinajstić information content (AvgIpc) is 2.36. The van der Waals surface area contributed by atoms with Gasteiger partial charge in [0.15, 0.2) is 21.5 Å². The number of hydrogen-bond acceptors (Lipinski definition) is 3. The Morgan fingerprint density at radius 1 is 1.05 bits per heavy atom. The Bertz CT molecular complexity index is 758. The Kier molecular flexibility index (Phi) is 3.76. The molecule has 2 rings (SSSR count). The van der Waals surface area contributed by atoms with Crippen molar-refractivity contribution in [2.45, 2.75) is 17.6 Å². The van der Waals surface area contributed by atoms with Gasteiger partial charge < -0.3 is 5.73 Å². The van der Waals surface area contributed by atoms with Crippen LogP contribution in [0.25, 0.3) is 0 Å². The van der Waals surface area contributed by atoms with Crippen LogP contribution in [0.1, 0.15) is 11.1 Å². The quantitative estimate of drug-likeness (QED) is 0.886. The van der Waals surface area contributed by atoms with Crippen LogP contribution in [-0.4, -0.2) is 8.42 Å². The first-order valence-corrected chi connectivity index (χ1v) is 7.47. The highest BCUT2D eigenvalue weighted by Crippen LogP contribution is 2.24. The van der Waals surface area contributed by atoms with E-state index < -0.39 is 27.2 Å². The largest absolute Gasteiger partial charge is 0.398 e. The van der Waals surface area contributed by atoms with Crippen LogP contribution in [0.4, 0.5) is 14.5 Å². The van der Waals surface area contributed by atoms with Gasteiger partial charge in [-0.2, -0.15) is 0 Å². The molecule has 20 heavy (non-hydrogen) atoms. The number of anilines is 1. The van der Waals surface area contributed by atoms with E-state index in [0.29, 0.717) is 0 Å². The molecule has 2 aromatic rings. The van der Waals surface area contributed by atoms with Gasteiger partial charge in [0.05, 0.1) is 16.3 Å². The maximum absolute atomic E-state index is 13.1. The summed E-state index contributed by atoms with van der Waals surface area (Å²) in [6.07, 6.45) is 0. The molecular weight excluding hydrogens is 284 g/mol. The van der Waals surface area contributed by atoms with Crippen molar-refractivity contribution in [3.8, 4) is 0 Å². The summed E-state index contributed by atoms with van der Waals surface area (Å²) in [5.74, 6) is -2.52. The highest BCUT2D eigenvalue weighted by molar-refractivity contribution is 7.90. The van der Waals surface area contributed by atoms with Gasteiger partial charge in [-0.1, -0.05) is 12.1 Å². The molecule has 0 heterocycles. The normalized spacial score (nSPS) is 11.6. The van der Waals surface area contributed by atoms with Crippen molar-refractivity contribution < 1.29 is 17.2 Å². The van der Waals surface area contributed by atoms with Gasteiger partial charge in [0, 0.05) is 0 Å². The second-order valence-electron chi connectivity index (χ2n) is 4.55. The summed E-state index contributed by atoms with van der Waals surface area (Å²) < 4.78 is 50.5. The topological polar surface area (TPSA) is 60.2 Å². The smallest absolute Gasteiger partial charge is 0.184 e. The molecule has 0 radical (unpaired) electrons. The zero-order valence-electron chi connectivity index (χ0n) is 10.7. The Morgan fingerprint density at radius 2 is 1.75 bits per heavy atom. The number of rotatable bonds is 3. The number of nitrogens with two attached hydrogens (primary N) is 1. The van der Waals surface area contributed by atoms with E-state index in [0.717, 1.165) is 17.7 Å². The zero-order valence-corrected chi connectivity index (χ0v) is 11.5. The molecule has 0 unspecified atom stereocenters. The van der Waals surface area contributed by atoms with Gasteiger partial charge in [0.1, 0.15) is 0 Å². The lowest BCUT2D eigenvalue weighted by atomic mass is 10.2. The van der Waals surface area contributed by atoms with Crippen LogP contribution < -0.4 is 5.73 Å². The van der Waals surface area contributed by atoms with Gasteiger partial charge in [-0.05, 0) is 42.3 Å². The average molecular weight is 297 g/mol. The highest BCUT2D eigenvalue weighted by atomic mass is 32.2. The fourth-order valence-corrected chi connectivity index (χ4v) is 3.40. The van der Waals surface area contributed by atoms with Gasteiger partial charge in [0.2, 0.25) is 0 Å². The van der Waals surface area contributed by atoms with Crippen LogP contribution in [0, 0.1) is 18.6 Å². The Morgan fingerprint density at radius 3 is 2.40 bits per heavy atom. The maximum atomic E-state index is 13.1. The number of hydrogen-bond donors (Lipinski definition) is 1. The first kappa shape index (κ1) is 14.5. The zero-order chi connectivity index (χ0) is 14.9. The minimum absolute atomic E-state index is 0.00207. The molecule has 0 bridgehead atoms. The van der Waals surface area contributed by atoms with Crippen LogP contribution in [0.5, 0.6) is 0 Å². The first-order chi connectivity index (χ1) is 9.29. The molecule has 106 valence electrons. The van der Waals surface area contributed by atoms with Crippen LogP contribution in [0.3, 0.4) is 0 Å². The van der Waals surface area contributed by atoms with Gasteiger partial charge in [-0.25, -0.2) is 17.2 Å². The van der Waals surface area contributed by atoms with Gasteiger partial charge in [0.25, 0.3) is 0 Å². The molecule has 0 atom stereocenters. The van der Waals surface area contributed by atoms with E-state index in [2.05, 4.69) is 0 Å². The summed E-state index contributed by atoms with van der Waals surface area (Å²) in [4.78, 5) is 0.00207. The predicted octanol–water partition coefficient (Wildman–Crippen LogP) is 2.83. The minimum Gasteiger partial charge on any atom is -0.398 e. The number of aryl methyl sites for hydroxylation is 1. The van der Waals surface area contributed by atoms with Gasteiger partial charge >= 0.3 is 0 Å². The number of nitrogen functional groups attached to an aromatic ring is 1. The van der Waals surface area contributed by atoms with Crippen molar-refractivity contribution in [3.63, 3.8) is 0 Å². The summed E-state index contributed by atoms with van der Waals surface area (Å²) in [6.45, 7) is 1.75. The molecule has 0 saturated carbocycles. The van der Waals surface area contributed by atoms with E-state index >= 15 is 0 Å². The lowest BCUT2D eigenvalue weighted by molar-refractivity contribution is 0.507. The number of sulfone groups is 1. The molecule has 0 saturated heterocycles. The standard InChI is InChI=1S/C14H13F2NO2S/c1-9-2-5-13(17)14(6-9)20(18,19)8-10-3-4-11(15)12(16)7-10/h2-7H,8,17H2,1H3. The summed E-state index contributed by atoms with van der Waals surface area (Å²) in [5.41, 5.74) is 6.73. The van der Waals surface area contributed by atoms with E-state index in [1.165, 1.54) is 18.2 Å². The summed E-state index contributed by atoms with van der Waals surface area (Å²) in [6, 6.07) is 7.69.